The van der Waals surface area contributed by atoms with Gasteiger partial charge in [0.1, 0.15) is 6.10 Å². The number of aliphatic hydroxyl groups excluding tert-OH is 1. The van der Waals surface area contributed by atoms with E-state index in [-0.39, 0.29) is 10.8 Å². The maximum atomic E-state index is 13.1. The number of benzene rings is 2. The first-order valence-corrected chi connectivity index (χ1v) is 12.2. The molecule has 0 amide bonds. The van der Waals surface area contributed by atoms with Gasteiger partial charge in [0.2, 0.25) is 0 Å². The van der Waals surface area contributed by atoms with Gasteiger partial charge >= 0.3 is 0 Å². The van der Waals surface area contributed by atoms with Crippen LogP contribution in [0.3, 0.4) is 0 Å². The van der Waals surface area contributed by atoms with Crippen molar-refractivity contribution in [3.8, 4) is 0 Å². The predicted molar refractivity (Wildman–Crippen MR) is 123 cm³/mol. The van der Waals surface area contributed by atoms with Crippen LogP contribution in [0.1, 0.15) is 41.5 Å². The molecule has 3 nitrogen and oxygen atoms in total. The smallest absolute Gasteiger partial charge is 0.262 e. The first-order chi connectivity index (χ1) is 13.6. The zero-order valence-corrected chi connectivity index (χ0v) is 19.4. The molecule has 0 bridgehead atoms. The Morgan fingerprint density at radius 2 is 1.41 bits per heavy atom. The molecule has 0 fully saturated rings. The van der Waals surface area contributed by atoms with E-state index in [0.29, 0.717) is 0 Å². The lowest BCUT2D eigenvalue weighted by Crippen LogP contribution is -2.68. The van der Waals surface area contributed by atoms with Gasteiger partial charge < -0.3 is 9.53 Å². The first-order valence-electron chi connectivity index (χ1n) is 10.3. The molecule has 0 radical (unpaired) electrons. The molecule has 0 unspecified atom stereocenters. The van der Waals surface area contributed by atoms with Crippen LogP contribution >= 0.6 is 0 Å². The summed E-state index contributed by atoms with van der Waals surface area (Å²) in [4.78, 5) is 13.1. The van der Waals surface area contributed by atoms with E-state index in [9.17, 15) is 9.90 Å². The molecule has 1 N–H and O–H groups in total. The fourth-order valence-corrected chi connectivity index (χ4v) is 8.58. The standard InChI is InChI=1S/C25H34O3Si/c1-7-14-23(26)19(2)24(27)20(3)28-29(25(4,5)6,21-15-10-8-11-16-21)22-17-12-9-13-18-22/h7-20,23,26H,1-6H3/b14-7+/t19-,20+,23+/m1/s1. The van der Waals surface area contributed by atoms with Crippen LogP contribution in [-0.2, 0) is 9.22 Å². The number of aliphatic hydroxyl groups is 1. The third kappa shape index (κ3) is 4.95. The number of carbonyl (C=O) groups is 1. The van der Waals surface area contributed by atoms with Gasteiger partial charge in [-0.05, 0) is 29.3 Å². The molecule has 4 heteroatoms. The Labute approximate surface area is 176 Å². The van der Waals surface area contributed by atoms with Gasteiger partial charge in [0, 0.05) is 5.92 Å². The maximum Gasteiger partial charge on any atom is 0.262 e. The van der Waals surface area contributed by atoms with Crippen LogP contribution in [0.15, 0.2) is 72.8 Å². The van der Waals surface area contributed by atoms with E-state index in [4.69, 9.17) is 4.43 Å². The summed E-state index contributed by atoms with van der Waals surface area (Å²) < 4.78 is 6.84. The van der Waals surface area contributed by atoms with E-state index in [1.807, 2.05) is 50.2 Å². The summed E-state index contributed by atoms with van der Waals surface area (Å²) in [7, 11) is -2.79. The highest BCUT2D eigenvalue weighted by molar-refractivity contribution is 6.99. The van der Waals surface area contributed by atoms with Gasteiger partial charge in [-0.25, -0.2) is 0 Å². The minimum atomic E-state index is -2.79. The van der Waals surface area contributed by atoms with Crippen molar-refractivity contribution < 1.29 is 14.3 Å². The van der Waals surface area contributed by atoms with Gasteiger partial charge in [0.25, 0.3) is 8.32 Å². The Bertz CT molecular complexity index is 769. The highest BCUT2D eigenvalue weighted by Crippen LogP contribution is 2.37. The Morgan fingerprint density at radius 3 is 1.79 bits per heavy atom. The molecule has 0 aromatic heterocycles. The van der Waals surface area contributed by atoms with Crippen molar-refractivity contribution in [1.29, 1.82) is 0 Å². The lowest BCUT2D eigenvalue weighted by Gasteiger charge is -2.44. The second kappa shape index (κ2) is 9.66. The molecular formula is C25H34O3Si. The van der Waals surface area contributed by atoms with E-state index in [1.54, 1.807) is 19.1 Å². The van der Waals surface area contributed by atoms with Crippen molar-refractivity contribution in [3.05, 3.63) is 72.8 Å². The summed E-state index contributed by atoms with van der Waals surface area (Å²) in [6, 6.07) is 20.6. The molecule has 156 valence electrons. The van der Waals surface area contributed by atoms with Crippen molar-refractivity contribution in [2.45, 2.75) is 58.8 Å². The molecule has 2 aromatic rings. The highest BCUT2D eigenvalue weighted by Gasteiger charge is 2.51. The van der Waals surface area contributed by atoms with Crippen molar-refractivity contribution in [2.75, 3.05) is 0 Å². The highest BCUT2D eigenvalue weighted by atomic mass is 28.4. The number of Topliss-reactive ketones (excluding diaryl/α,β-unsaturated/α-hetero) is 1. The van der Waals surface area contributed by atoms with Gasteiger partial charge in [0.15, 0.2) is 5.78 Å². The van der Waals surface area contributed by atoms with Gasteiger partial charge in [-0.1, -0.05) is 101 Å². The molecular weight excluding hydrogens is 376 g/mol. The molecule has 2 rings (SSSR count). The minimum absolute atomic E-state index is 0.0800. The second-order valence-electron chi connectivity index (χ2n) is 8.63. The Balaban J connectivity index is 2.55. The van der Waals surface area contributed by atoms with Crippen molar-refractivity contribution in [1.82, 2.24) is 0 Å². The van der Waals surface area contributed by atoms with E-state index in [0.717, 1.165) is 10.4 Å². The second-order valence-corrected chi connectivity index (χ2v) is 12.9. The number of rotatable bonds is 8. The first kappa shape index (κ1) is 23.3. The topological polar surface area (TPSA) is 46.5 Å². The number of hydrogen-bond acceptors (Lipinski definition) is 3. The fourth-order valence-electron chi connectivity index (χ4n) is 3.92. The lowest BCUT2D eigenvalue weighted by molar-refractivity contribution is -0.131. The zero-order valence-electron chi connectivity index (χ0n) is 18.4. The van der Waals surface area contributed by atoms with Crippen LogP contribution in [0.2, 0.25) is 5.04 Å². The van der Waals surface area contributed by atoms with Crippen LogP contribution < -0.4 is 10.4 Å². The SMILES string of the molecule is C/C=C/[C@H](O)[C@@H](C)C(=O)[C@H](C)O[Si](c1ccccc1)(c1ccccc1)C(C)(C)C. The molecule has 0 saturated carbocycles. The van der Waals surface area contributed by atoms with Crippen LogP contribution in [0.25, 0.3) is 0 Å². The molecule has 29 heavy (non-hydrogen) atoms. The molecule has 0 aliphatic carbocycles. The summed E-state index contributed by atoms with van der Waals surface area (Å²) >= 11 is 0. The Kier molecular flexibility index (Phi) is 7.75. The largest absolute Gasteiger partial charge is 0.398 e. The van der Waals surface area contributed by atoms with Crippen molar-refractivity contribution in [3.63, 3.8) is 0 Å². The fraction of sp³-hybridized carbons (Fsp3) is 0.400. The minimum Gasteiger partial charge on any atom is -0.398 e. The maximum absolute atomic E-state index is 13.1. The monoisotopic (exact) mass is 410 g/mol. The molecule has 0 spiro atoms. The van der Waals surface area contributed by atoms with Crippen LogP contribution in [0.5, 0.6) is 0 Å². The average molecular weight is 411 g/mol. The van der Waals surface area contributed by atoms with Crippen molar-refractivity contribution in [2.24, 2.45) is 5.92 Å². The van der Waals surface area contributed by atoms with E-state index in [2.05, 4.69) is 45.0 Å². The number of ketones is 1. The molecule has 0 heterocycles. The molecule has 2 aromatic carbocycles. The van der Waals surface area contributed by atoms with Gasteiger partial charge in [-0.15, -0.1) is 0 Å². The normalized spacial score (nSPS) is 15.8. The molecule has 0 aliphatic rings. The third-order valence-electron chi connectivity index (χ3n) is 5.52. The van der Waals surface area contributed by atoms with Gasteiger partial charge in [-0.2, -0.15) is 0 Å². The van der Waals surface area contributed by atoms with Crippen LogP contribution in [0, 0.1) is 5.92 Å². The molecule has 0 aliphatic heterocycles. The quantitative estimate of drug-likeness (QED) is 0.527. The van der Waals surface area contributed by atoms with E-state index >= 15 is 0 Å². The Hall–Kier alpha value is -2.01. The van der Waals surface area contributed by atoms with Crippen LogP contribution in [0.4, 0.5) is 0 Å². The number of carbonyl (C=O) groups excluding carboxylic acids is 1. The third-order valence-corrected chi connectivity index (χ3v) is 10.6. The number of hydrogen-bond donors (Lipinski definition) is 1. The lowest BCUT2D eigenvalue weighted by atomic mass is 9.96. The summed E-state index contributed by atoms with van der Waals surface area (Å²) in [5.41, 5.74) is 0. The summed E-state index contributed by atoms with van der Waals surface area (Å²) in [6.07, 6.45) is 1.98. The van der Waals surface area contributed by atoms with E-state index < -0.39 is 26.4 Å². The van der Waals surface area contributed by atoms with Gasteiger partial charge in [-0.3, -0.25) is 4.79 Å². The predicted octanol–water partition coefficient (Wildman–Crippen LogP) is 4.09. The summed E-state index contributed by atoms with van der Waals surface area (Å²) in [5.74, 6) is -0.608. The average Bonchev–Trinajstić information content (AvgIpc) is 2.71. The summed E-state index contributed by atoms with van der Waals surface area (Å²) in [6.45, 7) is 12.0. The molecule has 3 atom stereocenters. The number of allylic oxidation sites excluding steroid dienone is 1. The Morgan fingerprint density at radius 1 is 0.966 bits per heavy atom. The van der Waals surface area contributed by atoms with Crippen molar-refractivity contribution >= 4 is 24.5 Å². The van der Waals surface area contributed by atoms with Crippen LogP contribution in [-0.4, -0.2) is 31.4 Å². The summed E-state index contributed by atoms with van der Waals surface area (Å²) in [5, 5.41) is 12.4. The zero-order chi connectivity index (χ0) is 21.7. The molecule has 0 saturated heterocycles. The van der Waals surface area contributed by atoms with E-state index in [1.165, 1.54) is 0 Å². The van der Waals surface area contributed by atoms with Gasteiger partial charge in [0.05, 0.1) is 6.10 Å².